The number of esters is 2. The van der Waals surface area contributed by atoms with Gasteiger partial charge in [-0.15, -0.1) is 0 Å². The first kappa shape index (κ1) is 26.2. The molecule has 0 saturated heterocycles. The molecule has 0 unspecified atom stereocenters. The molecule has 0 atom stereocenters. The number of hydrogen-bond acceptors (Lipinski definition) is 5. The SMILES string of the molecule is CCCCCCCCCOC(=O)C(C)(C)C(=O)OC1CCC(c2ccc(OC)cc2)CC1. The van der Waals surface area contributed by atoms with Crippen molar-refractivity contribution in [3.8, 4) is 5.75 Å². The number of hydrogen-bond donors (Lipinski definition) is 0. The Morgan fingerprint density at radius 1 is 0.875 bits per heavy atom. The molecule has 0 aliphatic heterocycles. The Hall–Kier alpha value is -2.04. The highest BCUT2D eigenvalue weighted by atomic mass is 16.6. The van der Waals surface area contributed by atoms with Gasteiger partial charge < -0.3 is 14.2 Å². The van der Waals surface area contributed by atoms with Gasteiger partial charge in [0.2, 0.25) is 0 Å². The van der Waals surface area contributed by atoms with E-state index in [9.17, 15) is 9.59 Å². The molecule has 180 valence electrons. The van der Waals surface area contributed by atoms with Crippen LogP contribution in [0, 0.1) is 5.41 Å². The van der Waals surface area contributed by atoms with Crippen LogP contribution in [0.5, 0.6) is 5.75 Å². The molecular formula is C27H42O5. The Kier molecular flexibility index (Phi) is 11.1. The third-order valence-electron chi connectivity index (χ3n) is 6.54. The zero-order valence-electron chi connectivity index (χ0n) is 20.5. The van der Waals surface area contributed by atoms with Gasteiger partial charge in [-0.1, -0.05) is 57.6 Å². The summed E-state index contributed by atoms with van der Waals surface area (Å²) in [7, 11) is 1.67. The van der Waals surface area contributed by atoms with Gasteiger partial charge in [-0.2, -0.15) is 0 Å². The number of methoxy groups -OCH3 is 1. The van der Waals surface area contributed by atoms with E-state index in [-0.39, 0.29) is 6.10 Å². The lowest BCUT2D eigenvalue weighted by Gasteiger charge is -2.31. The lowest BCUT2D eigenvalue weighted by molar-refractivity contribution is -0.174. The molecule has 0 N–H and O–H groups in total. The number of unbranched alkanes of at least 4 members (excludes halogenated alkanes) is 6. The van der Waals surface area contributed by atoms with Gasteiger partial charge in [-0.05, 0) is 69.6 Å². The number of ether oxygens (including phenoxy) is 3. The van der Waals surface area contributed by atoms with Gasteiger partial charge in [0.1, 0.15) is 11.9 Å². The number of carbonyl (C=O) groups is 2. The molecule has 1 aliphatic carbocycles. The summed E-state index contributed by atoms with van der Waals surface area (Å²) in [4.78, 5) is 25.2. The predicted octanol–water partition coefficient (Wildman–Crippen LogP) is 6.58. The van der Waals surface area contributed by atoms with Crippen molar-refractivity contribution in [1.82, 2.24) is 0 Å². The molecule has 0 bridgehead atoms. The lowest BCUT2D eigenvalue weighted by Crippen LogP contribution is -2.39. The summed E-state index contributed by atoms with van der Waals surface area (Å²) in [6.07, 6.45) is 11.5. The van der Waals surface area contributed by atoms with Crippen molar-refractivity contribution in [3.05, 3.63) is 29.8 Å². The molecule has 1 aromatic rings. The predicted molar refractivity (Wildman–Crippen MR) is 127 cm³/mol. The molecule has 1 aliphatic rings. The second-order valence-corrected chi connectivity index (χ2v) is 9.53. The molecule has 2 rings (SSSR count). The van der Waals surface area contributed by atoms with E-state index >= 15 is 0 Å². The fourth-order valence-electron chi connectivity index (χ4n) is 4.18. The Morgan fingerprint density at radius 3 is 2.06 bits per heavy atom. The van der Waals surface area contributed by atoms with Crippen molar-refractivity contribution in [3.63, 3.8) is 0 Å². The normalized spacial score (nSPS) is 18.8. The van der Waals surface area contributed by atoms with Crippen LogP contribution in [0.25, 0.3) is 0 Å². The smallest absolute Gasteiger partial charge is 0.323 e. The van der Waals surface area contributed by atoms with Gasteiger partial charge in [0.25, 0.3) is 0 Å². The number of benzene rings is 1. The molecule has 0 amide bonds. The summed E-state index contributed by atoms with van der Waals surface area (Å²) in [6.45, 7) is 5.78. The van der Waals surface area contributed by atoms with E-state index in [1.807, 2.05) is 12.1 Å². The van der Waals surface area contributed by atoms with E-state index in [0.717, 1.165) is 44.3 Å². The summed E-state index contributed by atoms with van der Waals surface area (Å²) in [6, 6.07) is 8.20. The standard InChI is InChI=1S/C27H42O5/c1-5-6-7-8-9-10-11-20-31-25(28)27(2,3)26(29)32-24-18-14-22(15-19-24)21-12-16-23(30-4)17-13-21/h12-13,16-17,22,24H,5-11,14-15,18-20H2,1-4H3. The molecule has 1 saturated carbocycles. The third kappa shape index (κ3) is 8.14. The average Bonchev–Trinajstić information content (AvgIpc) is 2.81. The quantitative estimate of drug-likeness (QED) is 0.194. The van der Waals surface area contributed by atoms with Crippen LogP contribution in [-0.2, 0) is 19.1 Å². The fourth-order valence-corrected chi connectivity index (χ4v) is 4.18. The van der Waals surface area contributed by atoms with Crippen LogP contribution in [0.1, 0.15) is 103 Å². The van der Waals surface area contributed by atoms with Crippen molar-refractivity contribution in [1.29, 1.82) is 0 Å². The maximum atomic E-state index is 12.7. The molecule has 1 fully saturated rings. The molecule has 32 heavy (non-hydrogen) atoms. The summed E-state index contributed by atoms with van der Waals surface area (Å²) in [5, 5.41) is 0. The summed E-state index contributed by atoms with van der Waals surface area (Å²) < 4.78 is 16.3. The second kappa shape index (κ2) is 13.5. The van der Waals surface area contributed by atoms with Crippen LogP contribution in [0.2, 0.25) is 0 Å². The van der Waals surface area contributed by atoms with E-state index in [1.165, 1.54) is 37.7 Å². The van der Waals surface area contributed by atoms with Crippen LogP contribution >= 0.6 is 0 Å². The van der Waals surface area contributed by atoms with Crippen molar-refractivity contribution in [2.24, 2.45) is 5.41 Å². The minimum absolute atomic E-state index is 0.132. The van der Waals surface area contributed by atoms with E-state index in [1.54, 1.807) is 21.0 Å². The molecular weight excluding hydrogens is 404 g/mol. The highest BCUT2D eigenvalue weighted by Crippen LogP contribution is 2.35. The maximum Gasteiger partial charge on any atom is 0.323 e. The van der Waals surface area contributed by atoms with Crippen molar-refractivity contribution in [2.45, 2.75) is 103 Å². The summed E-state index contributed by atoms with van der Waals surface area (Å²) >= 11 is 0. The zero-order valence-corrected chi connectivity index (χ0v) is 20.5. The second-order valence-electron chi connectivity index (χ2n) is 9.53. The Labute approximate surface area is 194 Å². The molecule has 0 radical (unpaired) electrons. The van der Waals surface area contributed by atoms with E-state index in [0.29, 0.717) is 12.5 Å². The van der Waals surface area contributed by atoms with Gasteiger partial charge in [-0.25, -0.2) is 0 Å². The van der Waals surface area contributed by atoms with Gasteiger partial charge >= 0.3 is 11.9 Å². The molecule has 0 heterocycles. The van der Waals surface area contributed by atoms with Gasteiger partial charge in [0.15, 0.2) is 5.41 Å². The van der Waals surface area contributed by atoms with Crippen LogP contribution in [0.3, 0.4) is 0 Å². The first-order chi connectivity index (χ1) is 15.4. The van der Waals surface area contributed by atoms with Crippen LogP contribution in [0.15, 0.2) is 24.3 Å². The minimum atomic E-state index is -1.27. The fraction of sp³-hybridized carbons (Fsp3) is 0.704. The highest BCUT2D eigenvalue weighted by Gasteiger charge is 2.41. The monoisotopic (exact) mass is 446 g/mol. The summed E-state index contributed by atoms with van der Waals surface area (Å²) in [5.74, 6) is 0.364. The minimum Gasteiger partial charge on any atom is -0.497 e. The Morgan fingerprint density at radius 2 is 1.47 bits per heavy atom. The zero-order chi connectivity index (χ0) is 23.4. The lowest BCUT2D eigenvalue weighted by atomic mass is 9.82. The summed E-state index contributed by atoms with van der Waals surface area (Å²) in [5.41, 5.74) is 0.0263. The molecule has 5 nitrogen and oxygen atoms in total. The number of rotatable bonds is 13. The Bertz CT molecular complexity index is 687. The molecule has 1 aromatic carbocycles. The van der Waals surface area contributed by atoms with Gasteiger partial charge in [-0.3, -0.25) is 9.59 Å². The van der Waals surface area contributed by atoms with Crippen molar-refractivity contribution < 1.29 is 23.8 Å². The average molecular weight is 447 g/mol. The number of carbonyl (C=O) groups excluding carboxylic acids is 2. The van der Waals surface area contributed by atoms with Crippen LogP contribution in [-0.4, -0.2) is 31.8 Å². The maximum absolute atomic E-state index is 12.7. The van der Waals surface area contributed by atoms with Gasteiger partial charge in [0.05, 0.1) is 13.7 Å². The van der Waals surface area contributed by atoms with Crippen molar-refractivity contribution in [2.75, 3.05) is 13.7 Å². The topological polar surface area (TPSA) is 61.8 Å². The van der Waals surface area contributed by atoms with E-state index in [4.69, 9.17) is 14.2 Å². The van der Waals surface area contributed by atoms with Crippen molar-refractivity contribution >= 4 is 11.9 Å². The highest BCUT2D eigenvalue weighted by molar-refractivity contribution is 5.99. The van der Waals surface area contributed by atoms with E-state index < -0.39 is 17.4 Å². The van der Waals surface area contributed by atoms with Crippen LogP contribution in [0.4, 0.5) is 0 Å². The molecule has 0 aromatic heterocycles. The van der Waals surface area contributed by atoms with Crippen LogP contribution < -0.4 is 4.74 Å². The largest absolute Gasteiger partial charge is 0.497 e. The van der Waals surface area contributed by atoms with E-state index in [2.05, 4.69) is 19.1 Å². The molecule has 0 spiro atoms. The Balaban J connectivity index is 1.68. The molecule has 5 heteroatoms. The first-order valence-electron chi connectivity index (χ1n) is 12.4. The first-order valence-corrected chi connectivity index (χ1v) is 12.4. The third-order valence-corrected chi connectivity index (χ3v) is 6.54. The van der Waals surface area contributed by atoms with Gasteiger partial charge in [0, 0.05) is 0 Å².